The highest BCUT2D eigenvalue weighted by molar-refractivity contribution is 7.98. The van der Waals surface area contributed by atoms with Crippen LogP contribution in [-0.4, -0.2) is 4.98 Å². The van der Waals surface area contributed by atoms with Crippen LogP contribution < -0.4 is 0 Å². The average Bonchev–Trinajstić information content (AvgIpc) is 2.98. The van der Waals surface area contributed by atoms with Crippen LogP contribution in [0.5, 0.6) is 0 Å². The molecule has 0 aliphatic heterocycles. The lowest BCUT2D eigenvalue weighted by Crippen LogP contribution is -1.82. The monoisotopic (exact) mass is 310 g/mol. The van der Waals surface area contributed by atoms with Gasteiger partial charge in [0.1, 0.15) is 11.9 Å². The Bertz CT molecular complexity index is 807. The minimum atomic E-state index is -0.266. The molecule has 3 rings (SSSR count). The number of rotatable bonds is 4. The fourth-order valence-corrected chi connectivity index (χ4v) is 2.76. The zero-order valence-electron chi connectivity index (χ0n) is 11.5. The summed E-state index contributed by atoms with van der Waals surface area (Å²) in [4.78, 5) is 4.22. The van der Waals surface area contributed by atoms with Gasteiger partial charge in [-0.2, -0.15) is 10.2 Å². The first kappa shape index (κ1) is 14.4. The number of thioether (sulfide) groups is 1. The predicted octanol–water partition coefficient (Wildman–Crippen LogP) is 4.64. The average molecular weight is 310 g/mol. The molecule has 0 saturated carbocycles. The summed E-state index contributed by atoms with van der Waals surface area (Å²) < 4.78 is 18.6. The summed E-state index contributed by atoms with van der Waals surface area (Å²) in [6.45, 7) is 0. The van der Waals surface area contributed by atoms with Crippen LogP contribution in [0, 0.1) is 17.1 Å². The maximum atomic E-state index is 12.9. The van der Waals surface area contributed by atoms with Crippen molar-refractivity contribution in [2.24, 2.45) is 0 Å². The van der Waals surface area contributed by atoms with Gasteiger partial charge in [0.15, 0.2) is 10.8 Å². The number of oxazole rings is 1. The lowest BCUT2D eigenvalue weighted by molar-refractivity contribution is 0.483. The van der Waals surface area contributed by atoms with Crippen LogP contribution in [0.1, 0.15) is 11.3 Å². The van der Waals surface area contributed by atoms with E-state index in [0.29, 0.717) is 16.7 Å². The smallest absolute Gasteiger partial charge is 0.228 e. The van der Waals surface area contributed by atoms with Gasteiger partial charge in [-0.05, 0) is 29.8 Å². The molecule has 1 heterocycles. The van der Waals surface area contributed by atoms with E-state index in [0.717, 1.165) is 11.1 Å². The topological polar surface area (TPSA) is 49.8 Å². The second-order valence-corrected chi connectivity index (χ2v) is 5.50. The molecule has 0 bridgehead atoms. The van der Waals surface area contributed by atoms with E-state index in [4.69, 9.17) is 4.42 Å². The molecule has 0 unspecified atom stereocenters. The second-order valence-electron chi connectivity index (χ2n) is 4.55. The number of nitrogens with zero attached hydrogens (tertiary/aromatic N) is 2. The molecule has 0 radical (unpaired) electrons. The fourth-order valence-electron chi connectivity index (χ4n) is 1.91. The predicted molar refractivity (Wildman–Crippen MR) is 82.6 cm³/mol. The van der Waals surface area contributed by atoms with E-state index in [1.54, 1.807) is 12.1 Å². The van der Waals surface area contributed by atoms with Crippen molar-refractivity contribution < 1.29 is 8.81 Å². The van der Waals surface area contributed by atoms with E-state index in [-0.39, 0.29) is 11.5 Å². The third-order valence-electron chi connectivity index (χ3n) is 3.01. The standard InChI is InChI=1S/C17H11FN2OS/c18-14-8-6-12(7-9-14)11-22-17-15(10-19)20-16(21-17)13-4-2-1-3-5-13/h1-9H,11H2. The van der Waals surface area contributed by atoms with Gasteiger partial charge in [0, 0.05) is 11.3 Å². The number of halogens is 1. The van der Waals surface area contributed by atoms with E-state index in [1.165, 1.54) is 23.9 Å². The second kappa shape index (κ2) is 6.46. The molecule has 3 aromatic rings. The van der Waals surface area contributed by atoms with Crippen molar-refractivity contribution in [3.63, 3.8) is 0 Å². The van der Waals surface area contributed by atoms with Crippen LogP contribution in [0.4, 0.5) is 4.39 Å². The van der Waals surface area contributed by atoms with Gasteiger partial charge in [0.05, 0.1) is 0 Å². The van der Waals surface area contributed by atoms with Crippen molar-refractivity contribution >= 4 is 11.8 Å². The van der Waals surface area contributed by atoms with E-state index >= 15 is 0 Å². The zero-order valence-corrected chi connectivity index (χ0v) is 12.3. The van der Waals surface area contributed by atoms with Gasteiger partial charge >= 0.3 is 0 Å². The van der Waals surface area contributed by atoms with Gasteiger partial charge < -0.3 is 4.42 Å². The summed E-state index contributed by atoms with van der Waals surface area (Å²) >= 11 is 1.37. The van der Waals surface area contributed by atoms with Gasteiger partial charge in [-0.1, -0.05) is 42.1 Å². The highest BCUT2D eigenvalue weighted by Gasteiger charge is 2.14. The van der Waals surface area contributed by atoms with Gasteiger partial charge in [-0.25, -0.2) is 4.39 Å². The van der Waals surface area contributed by atoms with E-state index in [9.17, 15) is 9.65 Å². The number of aromatic nitrogens is 1. The minimum Gasteiger partial charge on any atom is -0.428 e. The molecule has 0 aliphatic rings. The molecule has 108 valence electrons. The Morgan fingerprint density at radius 1 is 1.09 bits per heavy atom. The maximum Gasteiger partial charge on any atom is 0.228 e. The third-order valence-corrected chi connectivity index (χ3v) is 4.02. The highest BCUT2D eigenvalue weighted by Crippen LogP contribution is 2.30. The Balaban J connectivity index is 1.80. The molecule has 0 fully saturated rings. The zero-order chi connectivity index (χ0) is 15.4. The normalized spacial score (nSPS) is 10.4. The van der Waals surface area contributed by atoms with Crippen LogP contribution in [0.3, 0.4) is 0 Å². The van der Waals surface area contributed by atoms with Crippen LogP contribution in [-0.2, 0) is 5.75 Å². The molecule has 0 atom stereocenters. The molecular weight excluding hydrogens is 299 g/mol. The molecule has 0 N–H and O–H groups in total. The van der Waals surface area contributed by atoms with E-state index in [1.807, 2.05) is 36.4 Å². The molecule has 3 nitrogen and oxygen atoms in total. The Kier molecular flexibility index (Phi) is 4.22. The van der Waals surface area contributed by atoms with E-state index < -0.39 is 0 Å². The van der Waals surface area contributed by atoms with Gasteiger partial charge in [-0.15, -0.1) is 0 Å². The first-order chi connectivity index (χ1) is 10.8. The van der Waals surface area contributed by atoms with Gasteiger partial charge in [-0.3, -0.25) is 0 Å². The largest absolute Gasteiger partial charge is 0.428 e. The minimum absolute atomic E-state index is 0.266. The number of hydrogen-bond acceptors (Lipinski definition) is 4. The van der Waals surface area contributed by atoms with Crippen molar-refractivity contribution in [3.8, 4) is 17.5 Å². The summed E-state index contributed by atoms with van der Waals surface area (Å²) in [6, 6.07) is 17.7. The van der Waals surface area contributed by atoms with Crippen molar-refractivity contribution in [3.05, 3.63) is 71.7 Å². The van der Waals surface area contributed by atoms with Gasteiger partial charge in [0.2, 0.25) is 5.89 Å². The quantitative estimate of drug-likeness (QED) is 0.658. The number of nitriles is 1. The number of benzene rings is 2. The third kappa shape index (κ3) is 3.18. The molecule has 1 aromatic heterocycles. The SMILES string of the molecule is N#Cc1nc(-c2ccccc2)oc1SCc1ccc(F)cc1. The van der Waals surface area contributed by atoms with Crippen molar-refractivity contribution in [2.45, 2.75) is 10.8 Å². The summed E-state index contributed by atoms with van der Waals surface area (Å²) in [6.07, 6.45) is 0. The molecule has 22 heavy (non-hydrogen) atoms. The first-order valence-electron chi connectivity index (χ1n) is 6.60. The summed E-state index contributed by atoms with van der Waals surface area (Å²) in [5.41, 5.74) is 2.05. The van der Waals surface area contributed by atoms with Crippen molar-refractivity contribution in [2.75, 3.05) is 0 Å². The van der Waals surface area contributed by atoms with Gasteiger partial charge in [0.25, 0.3) is 0 Å². The molecule has 0 saturated heterocycles. The van der Waals surface area contributed by atoms with Crippen LogP contribution in [0.25, 0.3) is 11.5 Å². The molecule has 0 amide bonds. The Morgan fingerprint density at radius 3 is 2.50 bits per heavy atom. The molecule has 2 aromatic carbocycles. The Hall–Kier alpha value is -2.58. The first-order valence-corrected chi connectivity index (χ1v) is 7.58. The molecule has 5 heteroatoms. The Labute approximate surface area is 131 Å². The number of hydrogen-bond donors (Lipinski definition) is 0. The summed E-state index contributed by atoms with van der Waals surface area (Å²) in [7, 11) is 0. The van der Waals surface area contributed by atoms with Crippen LogP contribution in [0.2, 0.25) is 0 Å². The van der Waals surface area contributed by atoms with Crippen LogP contribution >= 0.6 is 11.8 Å². The van der Waals surface area contributed by atoms with E-state index in [2.05, 4.69) is 4.98 Å². The van der Waals surface area contributed by atoms with Crippen molar-refractivity contribution in [1.29, 1.82) is 5.26 Å². The lowest BCUT2D eigenvalue weighted by Gasteiger charge is -1.99. The summed E-state index contributed by atoms with van der Waals surface area (Å²) in [5.74, 6) is 0.745. The molecular formula is C17H11FN2OS. The van der Waals surface area contributed by atoms with Crippen LogP contribution in [0.15, 0.2) is 64.1 Å². The fraction of sp³-hybridized carbons (Fsp3) is 0.0588. The van der Waals surface area contributed by atoms with Crippen molar-refractivity contribution in [1.82, 2.24) is 4.98 Å². The maximum absolute atomic E-state index is 12.9. The molecule has 0 spiro atoms. The summed E-state index contributed by atoms with van der Waals surface area (Å²) in [5, 5.41) is 9.65. The molecule has 0 aliphatic carbocycles. The highest BCUT2D eigenvalue weighted by atomic mass is 32.2. The lowest BCUT2D eigenvalue weighted by atomic mass is 10.2. The Morgan fingerprint density at radius 2 is 1.82 bits per heavy atom.